The van der Waals surface area contributed by atoms with E-state index in [2.05, 4.69) is 44.0 Å². The average molecular weight is 350 g/mol. The molecule has 0 fully saturated rings. The van der Waals surface area contributed by atoms with Gasteiger partial charge >= 0.3 is 0 Å². The van der Waals surface area contributed by atoms with Crippen LogP contribution in [-0.4, -0.2) is 22.3 Å². The van der Waals surface area contributed by atoms with Crippen LogP contribution in [0.5, 0.6) is 0 Å². The predicted octanol–water partition coefficient (Wildman–Crippen LogP) is 5.19. The van der Waals surface area contributed by atoms with Crippen molar-refractivity contribution < 1.29 is 9.18 Å². The number of nitrogens with one attached hydrogen (secondary N) is 1. The number of hydrogen-bond donors (Lipinski definition) is 1. The number of fused-ring (bicyclic) bond motifs is 3. The van der Waals surface area contributed by atoms with Gasteiger partial charge in [0.05, 0.1) is 6.04 Å². The van der Waals surface area contributed by atoms with Crippen LogP contribution in [0.15, 0.2) is 48.5 Å². The number of benzene rings is 2. The van der Waals surface area contributed by atoms with Gasteiger partial charge in [-0.15, -0.1) is 0 Å². The second kappa shape index (κ2) is 5.97. The first-order chi connectivity index (χ1) is 12.4. The summed E-state index contributed by atoms with van der Waals surface area (Å²) in [6, 6.07) is 14.1. The maximum absolute atomic E-state index is 13.2. The zero-order chi connectivity index (χ0) is 18.5. The van der Waals surface area contributed by atoms with Crippen molar-refractivity contribution in [2.45, 2.75) is 38.6 Å². The molecule has 4 rings (SSSR count). The Hall–Kier alpha value is -2.62. The van der Waals surface area contributed by atoms with Crippen molar-refractivity contribution in [3.63, 3.8) is 0 Å². The molecule has 1 unspecified atom stereocenters. The van der Waals surface area contributed by atoms with Gasteiger partial charge in [0.2, 0.25) is 0 Å². The Balaban J connectivity index is 1.83. The van der Waals surface area contributed by atoms with E-state index >= 15 is 0 Å². The van der Waals surface area contributed by atoms with Crippen LogP contribution in [0.3, 0.4) is 0 Å². The predicted molar refractivity (Wildman–Crippen MR) is 102 cm³/mol. The highest BCUT2D eigenvalue weighted by Crippen LogP contribution is 2.44. The van der Waals surface area contributed by atoms with E-state index < -0.39 is 0 Å². The Bertz CT molecular complexity index is 971. The van der Waals surface area contributed by atoms with E-state index in [9.17, 15) is 9.18 Å². The summed E-state index contributed by atoms with van der Waals surface area (Å²) in [5, 5.41) is 1.24. The van der Waals surface area contributed by atoms with Gasteiger partial charge in [0.1, 0.15) is 5.82 Å². The SMILES string of the molecule is CCC1c2[nH]c3ccccc3c2C(C)(C)CN1C(=O)c1ccc(F)cc1. The summed E-state index contributed by atoms with van der Waals surface area (Å²) in [7, 11) is 0. The quantitative estimate of drug-likeness (QED) is 0.678. The molecule has 3 aromatic rings. The maximum Gasteiger partial charge on any atom is 0.254 e. The second-order valence-corrected chi connectivity index (χ2v) is 7.71. The number of aromatic amines is 1. The minimum absolute atomic E-state index is 0.0111. The van der Waals surface area contributed by atoms with Crippen molar-refractivity contribution in [1.29, 1.82) is 0 Å². The first-order valence-corrected chi connectivity index (χ1v) is 9.10. The normalized spacial score (nSPS) is 18.8. The molecule has 0 radical (unpaired) electrons. The van der Waals surface area contributed by atoms with Crippen molar-refractivity contribution in [2.24, 2.45) is 0 Å². The Kier molecular flexibility index (Phi) is 3.87. The van der Waals surface area contributed by atoms with Crippen LogP contribution in [0.25, 0.3) is 10.9 Å². The van der Waals surface area contributed by atoms with Crippen molar-refractivity contribution in [3.05, 3.63) is 71.2 Å². The first-order valence-electron chi connectivity index (χ1n) is 9.10. The molecule has 0 saturated heterocycles. The second-order valence-electron chi connectivity index (χ2n) is 7.71. The number of H-pyrrole nitrogens is 1. The van der Waals surface area contributed by atoms with Crippen LogP contribution >= 0.6 is 0 Å². The van der Waals surface area contributed by atoms with Crippen LogP contribution in [0.1, 0.15) is 54.8 Å². The summed E-state index contributed by atoms with van der Waals surface area (Å²) in [4.78, 5) is 18.7. The molecule has 26 heavy (non-hydrogen) atoms. The number of hydrogen-bond acceptors (Lipinski definition) is 1. The molecular weight excluding hydrogens is 327 g/mol. The standard InChI is InChI=1S/C22H23FN2O/c1-4-18-20-19(16-7-5-6-8-17(16)24-20)22(2,3)13-25(18)21(26)14-9-11-15(23)12-10-14/h5-12,18,24H,4,13H2,1-3H3. The van der Waals surface area contributed by atoms with Crippen LogP contribution in [0.2, 0.25) is 0 Å². The fourth-order valence-electron chi connectivity index (χ4n) is 4.31. The zero-order valence-electron chi connectivity index (χ0n) is 15.3. The van der Waals surface area contributed by atoms with Crippen LogP contribution in [0.4, 0.5) is 4.39 Å². The monoisotopic (exact) mass is 350 g/mol. The minimum atomic E-state index is -0.328. The van der Waals surface area contributed by atoms with E-state index in [0.29, 0.717) is 12.1 Å². The fraction of sp³-hybridized carbons (Fsp3) is 0.318. The summed E-state index contributed by atoms with van der Waals surface area (Å²) in [5.74, 6) is -0.375. The molecule has 1 aliphatic rings. The van der Waals surface area contributed by atoms with Crippen LogP contribution < -0.4 is 0 Å². The summed E-state index contributed by atoms with van der Waals surface area (Å²) in [5.41, 5.74) is 3.90. The Labute approximate surface area is 152 Å². The fourth-order valence-corrected chi connectivity index (χ4v) is 4.31. The molecular formula is C22H23FN2O. The van der Waals surface area contributed by atoms with E-state index in [4.69, 9.17) is 0 Å². The minimum Gasteiger partial charge on any atom is -0.356 e. The van der Waals surface area contributed by atoms with Gasteiger partial charge in [0.25, 0.3) is 5.91 Å². The number of halogens is 1. The maximum atomic E-state index is 13.2. The molecule has 1 amide bonds. The highest BCUT2D eigenvalue weighted by molar-refractivity contribution is 5.95. The van der Waals surface area contributed by atoms with Gasteiger partial charge in [0, 0.05) is 34.1 Å². The third-order valence-corrected chi connectivity index (χ3v) is 5.43. The number of carbonyl (C=O) groups is 1. The summed E-state index contributed by atoms with van der Waals surface area (Å²) >= 11 is 0. The largest absolute Gasteiger partial charge is 0.356 e. The molecule has 0 bridgehead atoms. The lowest BCUT2D eigenvalue weighted by Crippen LogP contribution is -2.47. The van der Waals surface area contributed by atoms with Crippen LogP contribution in [0, 0.1) is 5.82 Å². The van der Waals surface area contributed by atoms with Crippen molar-refractivity contribution in [3.8, 4) is 0 Å². The lowest BCUT2D eigenvalue weighted by Gasteiger charge is -2.43. The lowest BCUT2D eigenvalue weighted by molar-refractivity contribution is 0.0584. The topological polar surface area (TPSA) is 36.1 Å². The van der Waals surface area contributed by atoms with Gasteiger partial charge in [-0.25, -0.2) is 4.39 Å². The molecule has 0 saturated carbocycles. The number of carbonyl (C=O) groups excluding carboxylic acids is 1. The molecule has 3 nitrogen and oxygen atoms in total. The van der Waals surface area contributed by atoms with Gasteiger partial charge in [-0.1, -0.05) is 39.0 Å². The van der Waals surface area contributed by atoms with E-state index in [1.165, 1.54) is 23.1 Å². The van der Waals surface area contributed by atoms with E-state index in [0.717, 1.165) is 17.6 Å². The first kappa shape index (κ1) is 16.8. The van der Waals surface area contributed by atoms with Gasteiger partial charge < -0.3 is 9.88 Å². The smallest absolute Gasteiger partial charge is 0.254 e. The molecule has 1 aliphatic heterocycles. The number of para-hydroxylation sites is 1. The van der Waals surface area contributed by atoms with E-state index in [1.54, 1.807) is 12.1 Å². The van der Waals surface area contributed by atoms with Crippen molar-refractivity contribution >= 4 is 16.8 Å². The van der Waals surface area contributed by atoms with Crippen LogP contribution in [-0.2, 0) is 5.41 Å². The summed E-state index contributed by atoms with van der Waals surface area (Å²) in [6.07, 6.45) is 0.822. The zero-order valence-corrected chi connectivity index (χ0v) is 15.3. The molecule has 0 aliphatic carbocycles. The average Bonchev–Trinajstić information content (AvgIpc) is 3.02. The molecule has 2 heterocycles. The molecule has 134 valence electrons. The molecule has 4 heteroatoms. The van der Waals surface area contributed by atoms with E-state index in [1.807, 2.05) is 11.0 Å². The molecule has 1 atom stereocenters. The summed E-state index contributed by atoms with van der Waals surface area (Å²) < 4.78 is 13.2. The third-order valence-electron chi connectivity index (χ3n) is 5.43. The highest BCUT2D eigenvalue weighted by atomic mass is 19.1. The van der Waals surface area contributed by atoms with Gasteiger partial charge in [-0.05, 0) is 42.3 Å². The molecule has 1 N–H and O–H groups in total. The third kappa shape index (κ3) is 2.52. The van der Waals surface area contributed by atoms with Gasteiger partial charge in [-0.2, -0.15) is 0 Å². The number of rotatable bonds is 2. The Morgan fingerprint density at radius 3 is 2.58 bits per heavy atom. The Morgan fingerprint density at radius 1 is 1.19 bits per heavy atom. The number of aromatic nitrogens is 1. The lowest BCUT2D eigenvalue weighted by atomic mass is 9.76. The molecule has 1 aromatic heterocycles. The number of amides is 1. The highest BCUT2D eigenvalue weighted by Gasteiger charge is 2.41. The van der Waals surface area contributed by atoms with Crippen molar-refractivity contribution in [1.82, 2.24) is 9.88 Å². The van der Waals surface area contributed by atoms with Gasteiger partial charge in [-0.3, -0.25) is 4.79 Å². The van der Waals surface area contributed by atoms with E-state index in [-0.39, 0.29) is 23.2 Å². The Morgan fingerprint density at radius 2 is 1.88 bits per heavy atom. The van der Waals surface area contributed by atoms with Gasteiger partial charge in [0.15, 0.2) is 0 Å². The molecule has 0 spiro atoms. The molecule has 2 aromatic carbocycles. The summed E-state index contributed by atoms with van der Waals surface area (Å²) in [6.45, 7) is 7.10. The van der Waals surface area contributed by atoms with Crippen molar-refractivity contribution in [2.75, 3.05) is 6.54 Å². The number of nitrogens with zero attached hydrogens (tertiary/aromatic N) is 1.